The Balaban J connectivity index is 1.84. The largest absolute Gasteiger partial charge is 0.389 e. The van der Waals surface area contributed by atoms with Crippen molar-refractivity contribution in [2.24, 2.45) is 5.92 Å². The Kier molecular flexibility index (Phi) is 3.90. The van der Waals surface area contributed by atoms with Gasteiger partial charge >= 0.3 is 0 Å². The van der Waals surface area contributed by atoms with Gasteiger partial charge in [-0.2, -0.15) is 0 Å². The number of rotatable bonds is 5. The molecule has 0 heterocycles. The van der Waals surface area contributed by atoms with Crippen LogP contribution < -0.4 is 5.32 Å². The van der Waals surface area contributed by atoms with Crippen LogP contribution in [0.25, 0.3) is 0 Å². The molecule has 2 N–H and O–H groups in total. The summed E-state index contributed by atoms with van der Waals surface area (Å²) < 4.78 is 13.1. The van der Waals surface area contributed by atoms with Gasteiger partial charge in [0, 0.05) is 6.54 Å². The molecular formula is C15H20FNO2. The lowest BCUT2D eigenvalue weighted by Gasteiger charge is -2.22. The van der Waals surface area contributed by atoms with E-state index in [2.05, 4.69) is 5.32 Å². The second-order valence-corrected chi connectivity index (χ2v) is 5.67. The molecule has 104 valence electrons. The minimum absolute atomic E-state index is 0.123. The Morgan fingerprint density at radius 2 is 2.21 bits per heavy atom. The average Bonchev–Trinajstić information content (AvgIpc) is 3.14. The zero-order valence-electron chi connectivity index (χ0n) is 11.4. The van der Waals surface area contributed by atoms with Crippen molar-refractivity contribution in [3.63, 3.8) is 0 Å². The SMILES string of the molecule is Cc1cc(CNC(=O)CC(C)(O)C2CC2)ccc1F. The van der Waals surface area contributed by atoms with E-state index in [0.29, 0.717) is 12.1 Å². The second-order valence-electron chi connectivity index (χ2n) is 5.67. The zero-order chi connectivity index (χ0) is 14.0. The number of hydrogen-bond acceptors (Lipinski definition) is 2. The number of carbonyl (C=O) groups is 1. The molecule has 1 aliphatic rings. The van der Waals surface area contributed by atoms with Gasteiger partial charge in [-0.25, -0.2) is 4.39 Å². The molecule has 0 aliphatic heterocycles. The predicted molar refractivity (Wildman–Crippen MR) is 70.9 cm³/mol. The summed E-state index contributed by atoms with van der Waals surface area (Å²) >= 11 is 0. The fourth-order valence-electron chi connectivity index (χ4n) is 2.25. The van der Waals surface area contributed by atoms with Crippen LogP contribution in [0.1, 0.15) is 37.3 Å². The molecule has 2 rings (SSSR count). The first-order chi connectivity index (χ1) is 8.88. The molecule has 19 heavy (non-hydrogen) atoms. The molecule has 1 aromatic rings. The number of aryl methyl sites for hydroxylation is 1. The van der Waals surface area contributed by atoms with Crippen LogP contribution in [-0.2, 0) is 11.3 Å². The second kappa shape index (κ2) is 5.29. The van der Waals surface area contributed by atoms with E-state index < -0.39 is 5.60 Å². The third-order valence-electron chi connectivity index (χ3n) is 3.69. The van der Waals surface area contributed by atoms with Crippen molar-refractivity contribution >= 4 is 5.91 Å². The smallest absolute Gasteiger partial charge is 0.223 e. The van der Waals surface area contributed by atoms with Gasteiger partial charge in [-0.1, -0.05) is 12.1 Å². The van der Waals surface area contributed by atoms with Crippen molar-refractivity contribution < 1.29 is 14.3 Å². The van der Waals surface area contributed by atoms with Gasteiger partial charge in [0.05, 0.1) is 12.0 Å². The van der Waals surface area contributed by atoms with E-state index in [0.717, 1.165) is 18.4 Å². The molecule has 1 unspecified atom stereocenters. The lowest BCUT2D eigenvalue weighted by atomic mass is 9.96. The predicted octanol–water partition coefficient (Wildman–Crippen LogP) is 2.30. The van der Waals surface area contributed by atoms with Crippen LogP contribution in [0.4, 0.5) is 4.39 Å². The highest BCUT2D eigenvalue weighted by molar-refractivity contribution is 5.77. The summed E-state index contributed by atoms with van der Waals surface area (Å²) in [5.41, 5.74) is 0.526. The van der Waals surface area contributed by atoms with Crippen LogP contribution >= 0.6 is 0 Å². The summed E-state index contributed by atoms with van der Waals surface area (Å²) in [6.45, 7) is 3.77. The Labute approximate surface area is 112 Å². The van der Waals surface area contributed by atoms with Gasteiger partial charge in [0.25, 0.3) is 0 Å². The normalized spacial score (nSPS) is 17.9. The molecular weight excluding hydrogens is 245 g/mol. The zero-order valence-corrected chi connectivity index (χ0v) is 11.4. The Bertz CT molecular complexity index is 481. The molecule has 1 aliphatic carbocycles. The molecule has 1 amide bonds. The number of carbonyl (C=O) groups excluding carboxylic acids is 1. The van der Waals surface area contributed by atoms with Crippen molar-refractivity contribution in [2.45, 2.75) is 45.3 Å². The summed E-state index contributed by atoms with van der Waals surface area (Å²) in [6, 6.07) is 4.77. The minimum Gasteiger partial charge on any atom is -0.389 e. The van der Waals surface area contributed by atoms with E-state index in [-0.39, 0.29) is 24.1 Å². The lowest BCUT2D eigenvalue weighted by molar-refractivity contribution is -0.126. The minimum atomic E-state index is -0.900. The monoisotopic (exact) mass is 265 g/mol. The number of halogens is 1. The third-order valence-corrected chi connectivity index (χ3v) is 3.69. The first-order valence-corrected chi connectivity index (χ1v) is 6.62. The molecule has 1 saturated carbocycles. The van der Waals surface area contributed by atoms with E-state index in [1.165, 1.54) is 6.07 Å². The van der Waals surface area contributed by atoms with Gasteiger partial charge in [-0.3, -0.25) is 4.79 Å². The topological polar surface area (TPSA) is 49.3 Å². The van der Waals surface area contributed by atoms with Gasteiger partial charge in [0.1, 0.15) is 5.82 Å². The Hall–Kier alpha value is -1.42. The van der Waals surface area contributed by atoms with Gasteiger partial charge in [0.15, 0.2) is 0 Å². The first-order valence-electron chi connectivity index (χ1n) is 6.62. The van der Waals surface area contributed by atoms with Crippen LogP contribution in [-0.4, -0.2) is 16.6 Å². The van der Waals surface area contributed by atoms with Crippen molar-refractivity contribution in [3.8, 4) is 0 Å². The average molecular weight is 265 g/mol. The number of hydrogen-bond donors (Lipinski definition) is 2. The van der Waals surface area contributed by atoms with Crippen LogP contribution in [0.5, 0.6) is 0 Å². The maximum atomic E-state index is 13.1. The summed E-state index contributed by atoms with van der Waals surface area (Å²) in [4.78, 5) is 11.8. The highest BCUT2D eigenvalue weighted by Crippen LogP contribution is 2.41. The van der Waals surface area contributed by atoms with Gasteiger partial charge in [-0.15, -0.1) is 0 Å². The van der Waals surface area contributed by atoms with E-state index >= 15 is 0 Å². The van der Waals surface area contributed by atoms with Crippen LogP contribution in [0, 0.1) is 18.7 Å². The van der Waals surface area contributed by atoms with E-state index in [4.69, 9.17) is 0 Å². The number of amides is 1. The lowest BCUT2D eigenvalue weighted by Crippen LogP contribution is -2.35. The third kappa shape index (κ3) is 3.77. The highest BCUT2D eigenvalue weighted by Gasteiger charge is 2.41. The van der Waals surface area contributed by atoms with Crippen LogP contribution in [0.15, 0.2) is 18.2 Å². The molecule has 0 saturated heterocycles. The van der Waals surface area contributed by atoms with Gasteiger partial charge < -0.3 is 10.4 Å². The van der Waals surface area contributed by atoms with Gasteiger partial charge in [-0.05, 0) is 49.8 Å². The molecule has 0 radical (unpaired) electrons. The first kappa shape index (κ1) is 14.0. The molecule has 0 aromatic heterocycles. The van der Waals surface area contributed by atoms with E-state index in [1.807, 2.05) is 0 Å². The van der Waals surface area contributed by atoms with Crippen molar-refractivity contribution in [3.05, 3.63) is 35.1 Å². The van der Waals surface area contributed by atoms with E-state index in [9.17, 15) is 14.3 Å². The molecule has 4 heteroatoms. The maximum absolute atomic E-state index is 13.1. The van der Waals surface area contributed by atoms with E-state index in [1.54, 1.807) is 26.0 Å². The number of aliphatic hydroxyl groups is 1. The highest BCUT2D eigenvalue weighted by atomic mass is 19.1. The molecule has 1 fully saturated rings. The molecule has 1 aromatic carbocycles. The summed E-state index contributed by atoms with van der Waals surface area (Å²) in [6.07, 6.45) is 2.12. The standard InChI is InChI=1S/C15H20FNO2/c1-10-7-11(3-6-13(10)16)9-17-14(18)8-15(2,19)12-4-5-12/h3,6-7,12,19H,4-5,8-9H2,1-2H3,(H,17,18). The van der Waals surface area contributed by atoms with Crippen molar-refractivity contribution in [1.29, 1.82) is 0 Å². The molecule has 3 nitrogen and oxygen atoms in total. The quantitative estimate of drug-likeness (QED) is 0.858. The molecule has 0 bridgehead atoms. The maximum Gasteiger partial charge on any atom is 0.223 e. The summed E-state index contributed by atoms with van der Waals surface area (Å²) in [5, 5.41) is 12.9. The van der Waals surface area contributed by atoms with Gasteiger partial charge in [0.2, 0.25) is 5.91 Å². The van der Waals surface area contributed by atoms with Crippen molar-refractivity contribution in [1.82, 2.24) is 5.32 Å². The van der Waals surface area contributed by atoms with Crippen LogP contribution in [0.2, 0.25) is 0 Å². The number of benzene rings is 1. The van der Waals surface area contributed by atoms with Crippen LogP contribution in [0.3, 0.4) is 0 Å². The fourth-order valence-corrected chi connectivity index (χ4v) is 2.25. The number of nitrogens with one attached hydrogen (secondary N) is 1. The summed E-state index contributed by atoms with van der Waals surface area (Å²) in [5.74, 6) is -0.156. The summed E-state index contributed by atoms with van der Waals surface area (Å²) in [7, 11) is 0. The Morgan fingerprint density at radius 3 is 2.79 bits per heavy atom. The molecule has 0 spiro atoms. The van der Waals surface area contributed by atoms with Crippen molar-refractivity contribution in [2.75, 3.05) is 0 Å². The fraction of sp³-hybridized carbons (Fsp3) is 0.533. The molecule has 1 atom stereocenters. The Morgan fingerprint density at radius 1 is 1.53 bits per heavy atom.